The van der Waals surface area contributed by atoms with Gasteiger partial charge in [0.25, 0.3) is 5.91 Å². The van der Waals surface area contributed by atoms with Gasteiger partial charge >= 0.3 is 0 Å². The van der Waals surface area contributed by atoms with Crippen LogP contribution >= 0.6 is 15.9 Å². The van der Waals surface area contributed by atoms with E-state index in [2.05, 4.69) is 20.9 Å². The van der Waals surface area contributed by atoms with E-state index in [1.165, 1.54) is 12.1 Å². The Morgan fingerprint density at radius 3 is 2.32 bits per heavy atom. The summed E-state index contributed by atoms with van der Waals surface area (Å²) in [6.45, 7) is 1.99. The van der Waals surface area contributed by atoms with Crippen LogP contribution < -0.4 is 4.90 Å². The number of hydrogen-bond acceptors (Lipinski definition) is 2. The predicted octanol–water partition coefficient (Wildman–Crippen LogP) is 5.73. The van der Waals surface area contributed by atoms with E-state index < -0.39 is 5.82 Å². The van der Waals surface area contributed by atoms with Crippen LogP contribution in [-0.4, -0.2) is 11.7 Å². The molecule has 0 N–H and O–H groups in total. The van der Waals surface area contributed by atoms with Gasteiger partial charge in [0.05, 0.1) is 5.69 Å². The average Bonchev–Trinajstić information content (AvgIpc) is 3.01. The SMILES string of the molecule is Cc1ccc(N2C(=O)/C(=C/c3ccccc3F)N=C2c2ccc(Br)cc2)cc1. The second kappa shape index (κ2) is 7.52. The van der Waals surface area contributed by atoms with Crippen molar-refractivity contribution in [2.24, 2.45) is 4.99 Å². The maximum atomic E-state index is 14.1. The van der Waals surface area contributed by atoms with Crippen molar-refractivity contribution in [2.75, 3.05) is 4.90 Å². The van der Waals surface area contributed by atoms with Crippen molar-refractivity contribution < 1.29 is 9.18 Å². The van der Waals surface area contributed by atoms with E-state index >= 15 is 0 Å². The van der Waals surface area contributed by atoms with Gasteiger partial charge in [0.2, 0.25) is 0 Å². The van der Waals surface area contributed by atoms with Gasteiger partial charge in [-0.25, -0.2) is 9.38 Å². The van der Waals surface area contributed by atoms with Crippen LogP contribution in [0.25, 0.3) is 6.08 Å². The lowest BCUT2D eigenvalue weighted by molar-refractivity contribution is -0.113. The van der Waals surface area contributed by atoms with Crippen molar-refractivity contribution in [3.8, 4) is 0 Å². The van der Waals surface area contributed by atoms with Gasteiger partial charge in [-0.15, -0.1) is 0 Å². The molecule has 28 heavy (non-hydrogen) atoms. The maximum Gasteiger partial charge on any atom is 0.282 e. The number of hydrogen-bond donors (Lipinski definition) is 0. The first-order valence-electron chi connectivity index (χ1n) is 8.75. The third kappa shape index (κ3) is 3.53. The summed E-state index contributed by atoms with van der Waals surface area (Å²) in [7, 11) is 0. The van der Waals surface area contributed by atoms with Crippen LogP contribution in [0.4, 0.5) is 10.1 Å². The van der Waals surface area contributed by atoms with Crippen molar-refractivity contribution in [2.45, 2.75) is 6.92 Å². The molecule has 138 valence electrons. The molecule has 0 unspecified atom stereocenters. The van der Waals surface area contributed by atoms with Crippen LogP contribution in [0.15, 0.2) is 88.0 Å². The summed E-state index contributed by atoms with van der Waals surface area (Å²) >= 11 is 3.42. The van der Waals surface area contributed by atoms with Crippen LogP contribution in [0.3, 0.4) is 0 Å². The minimum atomic E-state index is -0.392. The first kappa shape index (κ1) is 18.3. The number of anilines is 1. The highest BCUT2D eigenvalue weighted by atomic mass is 79.9. The molecule has 0 aliphatic carbocycles. The number of benzene rings is 3. The number of carbonyl (C=O) groups excluding carboxylic acids is 1. The Hall–Kier alpha value is -3.05. The third-order valence-corrected chi connectivity index (χ3v) is 4.98. The van der Waals surface area contributed by atoms with Crippen LogP contribution in [0.5, 0.6) is 0 Å². The van der Waals surface area contributed by atoms with Gasteiger partial charge in [-0.05, 0) is 43.3 Å². The van der Waals surface area contributed by atoms with Crippen molar-refractivity contribution in [3.05, 3.63) is 105 Å². The molecule has 1 heterocycles. The summed E-state index contributed by atoms with van der Waals surface area (Å²) < 4.78 is 15.0. The molecule has 3 nitrogen and oxygen atoms in total. The highest BCUT2D eigenvalue weighted by molar-refractivity contribution is 9.10. The highest BCUT2D eigenvalue weighted by Gasteiger charge is 2.32. The number of rotatable bonds is 3. The number of nitrogens with zero attached hydrogens (tertiary/aromatic N) is 2. The lowest BCUT2D eigenvalue weighted by atomic mass is 10.1. The van der Waals surface area contributed by atoms with Crippen LogP contribution in [0, 0.1) is 12.7 Å². The first-order valence-corrected chi connectivity index (χ1v) is 9.54. The van der Waals surface area contributed by atoms with E-state index in [9.17, 15) is 9.18 Å². The van der Waals surface area contributed by atoms with Crippen molar-refractivity contribution >= 4 is 39.4 Å². The summed E-state index contributed by atoms with van der Waals surface area (Å²) in [5, 5.41) is 0. The fourth-order valence-electron chi connectivity index (χ4n) is 2.98. The normalized spacial score (nSPS) is 15.2. The third-order valence-electron chi connectivity index (χ3n) is 4.45. The molecule has 0 atom stereocenters. The van der Waals surface area contributed by atoms with Gasteiger partial charge in [0.1, 0.15) is 17.3 Å². The Labute approximate surface area is 171 Å². The van der Waals surface area contributed by atoms with E-state index in [-0.39, 0.29) is 11.6 Å². The minimum absolute atomic E-state index is 0.198. The smallest absolute Gasteiger partial charge is 0.266 e. The standard InChI is InChI=1S/C23H16BrFN2O/c1-15-6-12-19(13-7-15)27-22(16-8-10-18(24)11-9-16)26-21(23(27)28)14-17-4-2-3-5-20(17)25/h2-14H,1H3/b21-14-. The van der Waals surface area contributed by atoms with Gasteiger partial charge in [0, 0.05) is 15.6 Å². The van der Waals surface area contributed by atoms with Gasteiger partial charge in [0.15, 0.2) is 0 Å². The Morgan fingerprint density at radius 2 is 1.64 bits per heavy atom. The zero-order chi connectivity index (χ0) is 19.7. The van der Waals surface area contributed by atoms with E-state index in [0.717, 1.165) is 15.6 Å². The molecule has 1 amide bonds. The average molecular weight is 435 g/mol. The second-order valence-corrected chi connectivity index (χ2v) is 7.39. The molecule has 0 saturated carbocycles. The molecule has 0 aromatic heterocycles. The fraction of sp³-hybridized carbons (Fsp3) is 0.0435. The summed E-state index contributed by atoms with van der Waals surface area (Å²) in [6.07, 6.45) is 1.49. The van der Waals surface area contributed by atoms with Gasteiger partial charge in [-0.2, -0.15) is 0 Å². The highest BCUT2D eigenvalue weighted by Crippen LogP contribution is 2.29. The summed E-state index contributed by atoms with van der Waals surface area (Å²) in [6, 6.07) is 21.6. The molecular weight excluding hydrogens is 419 g/mol. The minimum Gasteiger partial charge on any atom is -0.266 e. The molecule has 0 fully saturated rings. The van der Waals surface area contributed by atoms with Crippen LogP contribution in [0.2, 0.25) is 0 Å². The topological polar surface area (TPSA) is 32.7 Å². The Balaban J connectivity index is 1.84. The van der Waals surface area contributed by atoms with Gasteiger partial charge < -0.3 is 0 Å². The van der Waals surface area contributed by atoms with Crippen molar-refractivity contribution in [1.29, 1.82) is 0 Å². The van der Waals surface area contributed by atoms with Gasteiger partial charge in [-0.1, -0.05) is 64.0 Å². The Bertz CT molecular complexity index is 1100. The Morgan fingerprint density at radius 1 is 0.964 bits per heavy atom. The molecule has 0 saturated heterocycles. The molecule has 3 aromatic rings. The summed E-state index contributed by atoms with van der Waals surface area (Å²) in [5.41, 5.74) is 3.14. The second-order valence-electron chi connectivity index (χ2n) is 6.47. The largest absolute Gasteiger partial charge is 0.282 e. The summed E-state index contributed by atoms with van der Waals surface area (Å²) in [4.78, 5) is 19.3. The number of aryl methyl sites for hydroxylation is 1. The lowest BCUT2D eigenvalue weighted by Crippen LogP contribution is -2.32. The van der Waals surface area contributed by atoms with E-state index in [4.69, 9.17) is 0 Å². The number of aliphatic imine (C=N–C) groups is 1. The zero-order valence-corrected chi connectivity index (χ0v) is 16.7. The quantitative estimate of drug-likeness (QED) is 0.484. The molecule has 5 heteroatoms. The van der Waals surface area contributed by atoms with E-state index in [0.29, 0.717) is 17.1 Å². The first-order chi connectivity index (χ1) is 13.5. The number of amidine groups is 1. The molecule has 0 radical (unpaired) electrons. The van der Waals surface area contributed by atoms with Gasteiger partial charge in [-0.3, -0.25) is 9.69 Å². The lowest BCUT2D eigenvalue weighted by Gasteiger charge is -2.18. The number of carbonyl (C=O) groups is 1. The number of amides is 1. The molecule has 1 aliphatic rings. The molecule has 4 rings (SSSR count). The fourth-order valence-corrected chi connectivity index (χ4v) is 3.25. The van der Waals surface area contributed by atoms with Crippen LogP contribution in [0.1, 0.15) is 16.7 Å². The summed E-state index contributed by atoms with van der Waals surface area (Å²) in [5.74, 6) is -0.161. The molecular formula is C23H16BrFN2O. The molecule has 0 spiro atoms. The molecule has 0 bridgehead atoms. The molecule has 1 aliphatic heterocycles. The number of halogens is 2. The zero-order valence-electron chi connectivity index (χ0n) is 15.1. The maximum absolute atomic E-state index is 14.1. The van der Waals surface area contributed by atoms with Crippen molar-refractivity contribution in [1.82, 2.24) is 0 Å². The monoisotopic (exact) mass is 434 g/mol. The van der Waals surface area contributed by atoms with E-state index in [1.807, 2.05) is 55.5 Å². The van der Waals surface area contributed by atoms with E-state index in [1.54, 1.807) is 23.1 Å². The Kier molecular flexibility index (Phi) is 4.92. The van der Waals surface area contributed by atoms with Crippen molar-refractivity contribution in [3.63, 3.8) is 0 Å². The van der Waals surface area contributed by atoms with Crippen LogP contribution in [-0.2, 0) is 4.79 Å². The predicted molar refractivity (Wildman–Crippen MR) is 114 cm³/mol. The molecule has 3 aromatic carbocycles.